The Hall–Kier alpha value is -15.7. The highest BCUT2D eigenvalue weighted by atomic mass is 35.5. The SMILES string of the molecule is CC(C(=O)O)c1ccc(-c2ccccc2)c(F)c1.CC(C(=O)O)c1cccc(C(=O)c2ccccc2)c1.CC(C(=O)O)c1cccc(Oc2ccccc2)c1.Cc1ccc(C(=O)c2ccc(CC(=O)O)n2C)cc1.O=C(O)CCC(=O)c1ccc(-c2ccccc2)cc1.O=C(O)Cc1ccccc1Nc1c(Cl)cccc1Cl.O=C(c1ccccc1)c1ccc2n1CCC2C(=O)O. The molecule has 14 aromatic rings. The Kier molecular flexibility index (Phi) is 36.9. The Morgan fingerprint density at radius 2 is 0.863 bits per heavy atom. The number of aromatic nitrogens is 2. The maximum absolute atomic E-state index is 14.0. The molecule has 0 amide bonds. The average Bonchev–Trinajstić information content (AvgIpc) is 1.65. The number of hydrogen-bond donors (Lipinski definition) is 8. The van der Waals surface area contributed by atoms with Crippen molar-refractivity contribution in [2.45, 2.75) is 90.0 Å². The van der Waals surface area contributed by atoms with Crippen molar-refractivity contribution in [1.82, 2.24) is 9.13 Å². The molecule has 12 aromatic carbocycles. The average molecular weight is 1800 g/mol. The topological polar surface area (TPSA) is 360 Å². The van der Waals surface area contributed by atoms with E-state index in [1.165, 1.54) is 6.07 Å². The van der Waals surface area contributed by atoms with Crippen LogP contribution >= 0.6 is 23.2 Å². The molecule has 131 heavy (non-hydrogen) atoms. The summed E-state index contributed by atoms with van der Waals surface area (Å²) in [5, 5.41) is 66.3. The van der Waals surface area contributed by atoms with E-state index in [0.29, 0.717) is 107 Å². The van der Waals surface area contributed by atoms with Crippen LogP contribution in [0.1, 0.15) is 161 Å². The summed E-state index contributed by atoms with van der Waals surface area (Å²) < 4.78 is 23.1. The van der Waals surface area contributed by atoms with Crippen molar-refractivity contribution in [3.05, 3.63) is 428 Å². The first kappa shape index (κ1) is 99.1. The van der Waals surface area contributed by atoms with Crippen LogP contribution in [0.3, 0.4) is 0 Å². The molecule has 0 spiro atoms. The number of carboxylic acid groups (broad SMARTS) is 7. The quantitative estimate of drug-likeness (QED) is 0.0222. The van der Waals surface area contributed by atoms with Crippen molar-refractivity contribution in [2.24, 2.45) is 7.05 Å². The number of anilines is 2. The number of nitrogens with one attached hydrogen (secondary N) is 1. The molecule has 4 atom stereocenters. The molecule has 0 aliphatic carbocycles. The number of nitrogens with zero attached hydrogens (tertiary/aromatic N) is 2. The molecule has 25 heteroatoms. The summed E-state index contributed by atoms with van der Waals surface area (Å²) in [4.78, 5) is 124. The van der Waals surface area contributed by atoms with Gasteiger partial charge in [-0.3, -0.25) is 52.7 Å². The lowest BCUT2D eigenvalue weighted by molar-refractivity contribution is -0.139. The Morgan fingerprint density at radius 3 is 1.40 bits per heavy atom. The van der Waals surface area contributed by atoms with Crippen LogP contribution in [0.2, 0.25) is 10.0 Å². The van der Waals surface area contributed by atoms with Crippen molar-refractivity contribution >= 4 is 99.5 Å². The lowest BCUT2D eigenvalue weighted by Crippen LogP contribution is -2.11. The fourth-order valence-corrected chi connectivity index (χ4v) is 13.9. The number of halogens is 3. The molecule has 0 saturated carbocycles. The predicted molar refractivity (Wildman–Crippen MR) is 501 cm³/mol. The molecule has 1 aliphatic heterocycles. The number of hydrogen-bond acceptors (Lipinski definition) is 13. The molecule has 0 bridgehead atoms. The van der Waals surface area contributed by atoms with Crippen molar-refractivity contribution in [1.29, 1.82) is 0 Å². The Balaban J connectivity index is 0.000000172. The molecular weight excluding hydrogens is 1710 g/mol. The summed E-state index contributed by atoms with van der Waals surface area (Å²) in [7, 11) is 1.71. The second-order valence-corrected chi connectivity index (χ2v) is 30.8. The number of carbonyl (C=O) groups is 11. The van der Waals surface area contributed by atoms with Gasteiger partial charge in [0.05, 0.1) is 70.1 Å². The Bertz CT molecular complexity index is 6290. The van der Waals surface area contributed by atoms with Gasteiger partial charge in [-0.1, -0.05) is 284 Å². The van der Waals surface area contributed by atoms with Gasteiger partial charge in [0.2, 0.25) is 11.6 Å². The van der Waals surface area contributed by atoms with Gasteiger partial charge in [0.1, 0.15) is 17.3 Å². The third kappa shape index (κ3) is 29.2. The first-order valence-electron chi connectivity index (χ1n) is 41.2. The van der Waals surface area contributed by atoms with Gasteiger partial charge in [-0.2, -0.15) is 0 Å². The minimum absolute atomic E-state index is 0.0417. The number of fused-ring (bicyclic) bond motifs is 1. The van der Waals surface area contributed by atoms with Crippen LogP contribution in [0, 0.1) is 12.7 Å². The van der Waals surface area contributed by atoms with E-state index in [1.807, 2.05) is 163 Å². The van der Waals surface area contributed by atoms with Crippen LogP contribution in [0.5, 0.6) is 11.5 Å². The third-order valence-corrected chi connectivity index (χ3v) is 21.5. The second kappa shape index (κ2) is 48.8. The number of carbonyl (C=O) groups excluding carboxylic acids is 4. The summed E-state index contributed by atoms with van der Waals surface area (Å²) >= 11 is 12.1. The number of ketones is 4. The zero-order chi connectivity index (χ0) is 94.8. The molecule has 4 unspecified atom stereocenters. The summed E-state index contributed by atoms with van der Waals surface area (Å²) in [6.45, 7) is 7.35. The minimum atomic E-state index is -0.957. The summed E-state index contributed by atoms with van der Waals surface area (Å²) in [6, 6.07) is 98.7. The zero-order valence-electron chi connectivity index (χ0n) is 71.9. The number of para-hydroxylation sites is 3. The van der Waals surface area contributed by atoms with Gasteiger partial charge in [0.25, 0.3) is 0 Å². The smallest absolute Gasteiger partial charge is 0.312 e. The normalized spacial score (nSPS) is 12.0. The maximum Gasteiger partial charge on any atom is 0.312 e. The predicted octanol–water partition coefficient (Wildman–Crippen LogP) is 22.7. The molecule has 0 saturated heterocycles. The molecule has 668 valence electrons. The first-order valence-corrected chi connectivity index (χ1v) is 42.0. The van der Waals surface area contributed by atoms with Crippen LogP contribution in [0.25, 0.3) is 22.3 Å². The van der Waals surface area contributed by atoms with E-state index >= 15 is 0 Å². The number of rotatable bonds is 27. The Labute approximate surface area is 765 Å². The van der Waals surface area contributed by atoms with Gasteiger partial charge in [-0.15, -0.1) is 0 Å². The van der Waals surface area contributed by atoms with Crippen molar-refractivity contribution in [3.8, 4) is 33.8 Å². The zero-order valence-corrected chi connectivity index (χ0v) is 73.4. The van der Waals surface area contributed by atoms with Gasteiger partial charge in [-0.25, -0.2) is 4.39 Å². The highest BCUT2D eigenvalue weighted by Gasteiger charge is 2.32. The number of carboxylic acids is 7. The van der Waals surface area contributed by atoms with Gasteiger partial charge in [-0.05, 0) is 152 Å². The standard InChI is InChI=1S/2C16H14O3.C15H13FO2.C15H13NO3.C15H15NO3.C15H14O3.C14H11Cl2NO2/c1-11(16(18)19)13-8-5-9-14(10-13)15(17)12-6-3-2-4-7-12;17-15(10-11-16(18)19)14-8-6-13(7-9-14)12-4-2-1-3-5-12;1-10(15(17)18)12-7-8-13(14(16)9-12)11-5-3-2-4-6-11;17-14(10-4-2-1-3-5-10)13-7-6-12-11(15(18)19)8-9-16(12)13;1-10-3-5-11(6-4-10)15(19)13-8-7-12(16(13)2)9-14(17)18;1-11(15(16)17)12-6-5-9-14(10-12)18-13-7-3-2-4-8-13;15-10-5-3-6-11(16)14(10)17-12-7-2-1-4-9(12)8-13(18)19/h2-11H,1H3,(H,18,19);1-9H,10-11H2,(H,18,19);2-10H,1H3,(H,17,18);1-7,11H,8-9H2,(H,18,19);3-8H,9H2,1-2H3,(H,17,18);2-11H,1H3,(H,16,17);1-7,17H,8H2,(H,18,19). The molecule has 15 rings (SSSR count). The van der Waals surface area contributed by atoms with Crippen LogP contribution in [-0.4, -0.2) is 110 Å². The summed E-state index contributed by atoms with van der Waals surface area (Å²) in [5.74, 6) is -8.03. The lowest BCUT2D eigenvalue weighted by Gasteiger charge is -2.13. The van der Waals surface area contributed by atoms with E-state index in [0.717, 1.165) is 39.3 Å². The van der Waals surface area contributed by atoms with Gasteiger partial charge in [0, 0.05) is 70.5 Å². The molecule has 0 fully saturated rings. The van der Waals surface area contributed by atoms with Crippen molar-refractivity contribution < 1.29 is 97.6 Å². The van der Waals surface area contributed by atoms with Crippen LogP contribution in [0.4, 0.5) is 15.8 Å². The molecule has 8 N–H and O–H groups in total. The molecule has 2 aromatic heterocycles. The largest absolute Gasteiger partial charge is 0.481 e. The second-order valence-electron chi connectivity index (χ2n) is 30.0. The van der Waals surface area contributed by atoms with E-state index in [2.05, 4.69) is 5.32 Å². The van der Waals surface area contributed by atoms with E-state index in [-0.39, 0.29) is 48.8 Å². The highest BCUT2D eigenvalue weighted by Crippen LogP contribution is 2.36. The van der Waals surface area contributed by atoms with E-state index in [1.54, 1.807) is 208 Å². The van der Waals surface area contributed by atoms with Gasteiger partial charge in [0.15, 0.2) is 11.6 Å². The number of ether oxygens (including phenoxy) is 1. The first-order chi connectivity index (χ1) is 62.8. The van der Waals surface area contributed by atoms with E-state index in [4.69, 9.17) is 63.7 Å². The van der Waals surface area contributed by atoms with E-state index in [9.17, 15) is 57.1 Å². The fraction of sp³-hybridized carbons (Fsp3) is 0.142. The fourth-order valence-electron chi connectivity index (χ4n) is 13.4. The van der Waals surface area contributed by atoms with Crippen molar-refractivity contribution in [2.75, 3.05) is 5.32 Å². The van der Waals surface area contributed by atoms with Gasteiger partial charge >= 0.3 is 41.8 Å². The van der Waals surface area contributed by atoms with Crippen LogP contribution in [0.15, 0.2) is 334 Å². The monoisotopic (exact) mass is 1800 g/mol. The van der Waals surface area contributed by atoms with Crippen molar-refractivity contribution in [3.63, 3.8) is 0 Å². The summed E-state index contributed by atoms with van der Waals surface area (Å²) in [6.07, 6.45) is 0.322. The maximum atomic E-state index is 14.0. The molecular formula is C106H94Cl2FN3O19. The number of benzene rings is 12. The molecule has 0 radical (unpaired) electrons. The highest BCUT2D eigenvalue weighted by molar-refractivity contribution is 6.39. The van der Waals surface area contributed by atoms with Gasteiger partial charge < -0.3 is 54.9 Å². The van der Waals surface area contributed by atoms with E-state index < -0.39 is 71.3 Å². The number of aryl methyl sites for hydroxylation is 1. The third-order valence-electron chi connectivity index (χ3n) is 20.9. The molecule has 3 heterocycles. The molecule has 22 nitrogen and oxygen atoms in total. The number of aliphatic carboxylic acids is 7. The Morgan fingerprint density at radius 1 is 0.412 bits per heavy atom. The van der Waals surface area contributed by atoms with Crippen LogP contribution in [-0.2, 0) is 60.0 Å². The lowest BCUT2D eigenvalue weighted by atomic mass is 9.96. The molecule has 1 aliphatic rings. The van der Waals surface area contributed by atoms with Crippen LogP contribution < -0.4 is 10.1 Å². The minimum Gasteiger partial charge on any atom is -0.481 e. The number of Topliss-reactive ketones (excluding diaryl/α,β-unsaturated/α-hetero) is 1. The summed E-state index contributed by atoms with van der Waals surface area (Å²) in [5.41, 5.74) is 13.6.